The number of rotatable bonds is 11. The summed E-state index contributed by atoms with van der Waals surface area (Å²) < 4.78 is 21.3. The Morgan fingerprint density at radius 3 is 2.35 bits per heavy atom. The minimum absolute atomic E-state index is 0.0805. The molecule has 1 aromatic carbocycles. The van der Waals surface area contributed by atoms with Crippen LogP contribution in [0.2, 0.25) is 0 Å². The lowest BCUT2D eigenvalue weighted by Gasteiger charge is -2.33. The number of hydrogen-bond acceptors (Lipinski definition) is 15. The summed E-state index contributed by atoms with van der Waals surface area (Å²) in [6.45, 7) is 1.06. The van der Waals surface area contributed by atoms with Crippen molar-refractivity contribution in [3.05, 3.63) is 23.8 Å². The molecule has 71 heavy (non-hydrogen) atoms. The summed E-state index contributed by atoms with van der Waals surface area (Å²) in [4.78, 5) is 131. The number of primary amides is 1. The SMILES string of the molecule is CC[C@@H]1C(CCCCNC)COc2ccc3c4c([nH]c3c2)[S+]([O-])C[C@@H]2NC(=O)CNC(=O)[C@H]1NC(=O)CNC(=O)[C@H](C4)NC(=O)[C@H]([C@@H](C)[C@@H](O)CO)NC(=O)[C@@H]1C[C@@H](O)CN1C(=O)[C@H](CC(N)=O)NC2=O. The fourth-order valence-electron chi connectivity index (χ4n) is 9.62. The zero-order valence-electron chi connectivity index (χ0n) is 39.7. The number of unbranched alkanes of at least 4 members (excludes halogenated alkanes) is 1. The molecule has 390 valence electrons. The fraction of sp³-hybridized carbons (Fsp3) is 0.622. The van der Waals surface area contributed by atoms with Gasteiger partial charge < -0.3 is 82.8 Å². The Kier molecular flexibility index (Phi) is 18.6. The topological polar surface area (TPSA) is 388 Å². The van der Waals surface area contributed by atoms with Gasteiger partial charge in [0.25, 0.3) is 0 Å². The zero-order chi connectivity index (χ0) is 51.7. The molecule has 1 saturated heterocycles. The molecule has 0 spiro atoms. The van der Waals surface area contributed by atoms with Crippen molar-refractivity contribution in [2.45, 2.75) is 112 Å². The van der Waals surface area contributed by atoms with E-state index in [0.29, 0.717) is 42.5 Å². The molecule has 6 aliphatic heterocycles. The van der Waals surface area contributed by atoms with Gasteiger partial charge in [-0.05, 0) is 50.4 Å². The molecule has 1 aromatic heterocycles. The monoisotopic (exact) mass is 1020 g/mol. The molecule has 0 radical (unpaired) electrons. The van der Waals surface area contributed by atoms with Crippen LogP contribution in [0.15, 0.2) is 23.2 Å². The van der Waals surface area contributed by atoms with Gasteiger partial charge in [-0.25, -0.2) is 0 Å². The Hall–Kier alpha value is -6.06. The number of aliphatic hydroxyl groups is 3. The predicted octanol–water partition coefficient (Wildman–Crippen LogP) is -5.25. The predicted molar refractivity (Wildman–Crippen MR) is 252 cm³/mol. The van der Waals surface area contributed by atoms with Crippen molar-refractivity contribution in [3.8, 4) is 5.75 Å². The van der Waals surface area contributed by atoms with Crippen LogP contribution in [0.4, 0.5) is 0 Å². The number of nitrogens with zero attached hydrogens (tertiary/aromatic N) is 1. The normalized spacial score (nSPS) is 29.4. The van der Waals surface area contributed by atoms with Crippen molar-refractivity contribution < 1.29 is 67.8 Å². The van der Waals surface area contributed by atoms with Crippen LogP contribution >= 0.6 is 0 Å². The number of amides is 9. The van der Waals surface area contributed by atoms with Gasteiger partial charge in [-0.3, -0.25) is 43.2 Å². The lowest BCUT2D eigenvalue weighted by atomic mass is 9.80. The van der Waals surface area contributed by atoms with E-state index in [2.05, 4.69) is 47.5 Å². The smallest absolute Gasteiger partial charge is 0.248 e. The number of nitrogens with two attached hydrogens (primary N) is 1. The van der Waals surface area contributed by atoms with Gasteiger partial charge >= 0.3 is 0 Å². The molecule has 8 bridgehead atoms. The van der Waals surface area contributed by atoms with Crippen LogP contribution in [0.3, 0.4) is 0 Å². The minimum atomic E-state index is -2.35. The Balaban J connectivity index is 1.58. The van der Waals surface area contributed by atoms with Crippen LogP contribution in [0.5, 0.6) is 5.75 Å². The molecule has 26 heteroatoms. The maximum absolute atomic E-state index is 14.9. The summed E-state index contributed by atoms with van der Waals surface area (Å²) in [5.41, 5.74) is 6.04. The second-order valence-corrected chi connectivity index (χ2v) is 19.9. The molecule has 0 saturated carbocycles. The molecule has 25 nitrogen and oxygen atoms in total. The third-order valence-electron chi connectivity index (χ3n) is 13.5. The molecule has 8 rings (SSSR count). The highest BCUT2D eigenvalue weighted by molar-refractivity contribution is 7.91. The van der Waals surface area contributed by atoms with Gasteiger partial charge in [-0.15, -0.1) is 0 Å². The Morgan fingerprint density at radius 2 is 1.66 bits per heavy atom. The molecular weight excluding hydrogens is 951 g/mol. The summed E-state index contributed by atoms with van der Waals surface area (Å²) >= 11 is -2.35. The first kappa shape index (κ1) is 54.3. The quantitative estimate of drug-likeness (QED) is 0.0739. The van der Waals surface area contributed by atoms with Crippen LogP contribution < -0.4 is 53.0 Å². The van der Waals surface area contributed by atoms with Gasteiger partial charge in [0.05, 0.1) is 50.4 Å². The average Bonchev–Trinajstić information content (AvgIpc) is 3.91. The van der Waals surface area contributed by atoms with E-state index in [0.717, 1.165) is 11.3 Å². The first-order valence-corrected chi connectivity index (χ1v) is 25.1. The first-order valence-electron chi connectivity index (χ1n) is 23.7. The maximum atomic E-state index is 14.9. The van der Waals surface area contributed by atoms with Crippen LogP contribution in [0.25, 0.3) is 10.9 Å². The molecule has 12 atom stereocenters. The molecule has 2 aromatic rings. The van der Waals surface area contributed by atoms with Crippen molar-refractivity contribution in [3.63, 3.8) is 0 Å². The number of aromatic amines is 1. The minimum Gasteiger partial charge on any atom is -0.610 e. The Bertz CT molecular complexity index is 2340. The highest BCUT2D eigenvalue weighted by Crippen LogP contribution is 2.33. The third-order valence-corrected chi connectivity index (χ3v) is 15.0. The van der Waals surface area contributed by atoms with E-state index in [9.17, 15) is 63.0 Å². The van der Waals surface area contributed by atoms with Gasteiger partial charge in [0.15, 0.2) is 6.04 Å². The number of aliphatic hydroxyl groups excluding tert-OH is 3. The van der Waals surface area contributed by atoms with Crippen LogP contribution in [0, 0.1) is 17.8 Å². The van der Waals surface area contributed by atoms with E-state index >= 15 is 0 Å². The van der Waals surface area contributed by atoms with Gasteiger partial charge in [-0.2, -0.15) is 0 Å². The van der Waals surface area contributed by atoms with Crippen molar-refractivity contribution in [1.29, 1.82) is 0 Å². The fourth-order valence-corrected chi connectivity index (χ4v) is 11.0. The number of benzene rings is 1. The maximum Gasteiger partial charge on any atom is 0.248 e. The van der Waals surface area contributed by atoms with E-state index in [1.54, 1.807) is 18.2 Å². The van der Waals surface area contributed by atoms with Gasteiger partial charge in [0.2, 0.25) is 58.2 Å². The van der Waals surface area contributed by atoms with E-state index < -0.39 is 176 Å². The number of carbonyl (C=O) groups excluding carboxylic acids is 9. The lowest BCUT2D eigenvalue weighted by Crippen LogP contribution is -2.62. The highest BCUT2D eigenvalue weighted by Gasteiger charge is 2.46. The first-order chi connectivity index (χ1) is 33.8. The molecule has 14 N–H and O–H groups in total. The van der Waals surface area contributed by atoms with Gasteiger partial charge in [0.1, 0.15) is 41.7 Å². The highest BCUT2D eigenvalue weighted by atomic mass is 32.2. The molecule has 9 amide bonds. The summed E-state index contributed by atoms with van der Waals surface area (Å²) in [6, 6.07) is -5.06. The second kappa shape index (κ2) is 24.4. The number of hydrogen-bond donors (Lipinski definition) is 13. The number of aromatic nitrogens is 1. The molecule has 1 fully saturated rings. The molecule has 2 unspecified atom stereocenters. The largest absolute Gasteiger partial charge is 0.610 e. The molecule has 6 aliphatic rings. The third kappa shape index (κ3) is 13.3. The number of nitrogens with one attached hydrogen (secondary N) is 9. The van der Waals surface area contributed by atoms with Crippen LogP contribution in [-0.2, 0) is 60.7 Å². The molecular formula is C45H65N11O14S. The molecule has 0 aliphatic carbocycles. The standard InChI is InChI=1S/C45H65N11O14S/c1-4-25-22(7-5-6-10-47-3)19-70-24-8-9-26-27-13-29-39(63)48-16-36(62)54-38(25)42(66)49-15-35(61)50-31(20-71(69)44(27)53-28(26)12-24)40(64)52-30(14-34(46)60)45(68)56-17-23(58)11-32(56)41(65)55-37(43(67)51-29)21(2)33(59)18-57/h8-9,12,21-23,25,29-33,37-38,47,53,57-59H,4-7,10-11,13-20H2,1-3H3,(H2,46,60)(H,48,63)(H,49,66)(H,50,61)(H,51,67)(H,52,64)(H,54,62)(H,55,65)/t21-,22?,23+,25+,29-,30-,31-,32-,33-,37-,38-,71?/m0/s1. The number of fused-ring (bicyclic) bond motifs is 6. The van der Waals surface area contributed by atoms with Crippen molar-refractivity contribution >= 4 is 75.2 Å². The van der Waals surface area contributed by atoms with Gasteiger partial charge in [-0.1, -0.05) is 26.7 Å². The number of H-pyrrole nitrogens is 1. The second-order valence-electron chi connectivity index (χ2n) is 18.5. The van der Waals surface area contributed by atoms with Crippen molar-refractivity contribution in [2.75, 3.05) is 52.2 Å². The van der Waals surface area contributed by atoms with Crippen molar-refractivity contribution in [2.24, 2.45) is 23.5 Å². The number of ether oxygens (including phenoxy) is 1. The lowest BCUT2D eigenvalue weighted by molar-refractivity contribution is -0.144. The summed E-state index contributed by atoms with van der Waals surface area (Å²) in [6.07, 6.45) is -2.36. The van der Waals surface area contributed by atoms with E-state index in [-0.39, 0.29) is 23.1 Å². The molecule has 7 heterocycles. The Morgan fingerprint density at radius 1 is 0.944 bits per heavy atom. The van der Waals surface area contributed by atoms with E-state index in [1.165, 1.54) is 6.92 Å². The summed E-state index contributed by atoms with van der Waals surface area (Å²) in [5, 5.41) is 52.7. The van der Waals surface area contributed by atoms with E-state index in [4.69, 9.17) is 10.5 Å². The van der Waals surface area contributed by atoms with Gasteiger partial charge in [0, 0.05) is 53.5 Å². The van der Waals surface area contributed by atoms with E-state index in [1.807, 2.05) is 14.0 Å². The van der Waals surface area contributed by atoms with Crippen LogP contribution in [-0.4, -0.2) is 184 Å². The number of carbonyl (C=O) groups is 9. The van der Waals surface area contributed by atoms with Crippen LogP contribution in [0.1, 0.15) is 57.9 Å². The Labute approximate surface area is 411 Å². The average molecular weight is 1020 g/mol. The van der Waals surface area contributed by atoms with Crippen molar-refractivity contribution in [1.82, 2.24) is 52.4 Å². The zero-order valence-corrected chi connectivity index (χ0v) is 40.6. The summed E-state index contributed by atoms with van der Waals surface area (Å²) in [5.74, 6) is -11.7. The summed E-state index contributed by atoms with van der Waals surface area (Å²) in [7, 11) is 1.82.